The van der Waals surface area contributed by atoms with Gasteiger partial charge in [0.2, 0.25) is 19.3 Å². The molecular formula is C18H13ClN4O4S3. The number of nitriles is 1. The van der Waals surface area contributed by atoms with Gasteiger partial charge in [0, 0.05) is 16.0 Å². The molecule has 1 N–H and O–H groups in total. The molecule has 0 fully saturated rings. The van der Waals surface area contributed by atoms with E-state index in [1.165, 1.54) is 24.8 Å². The zero-order valence-corrected chi connectivity index (χ0v) is 18.5. The molecule has 0 radical (unpaired) electrons. The van der Waals surface area contributed by atoms with Gasteiger partial charge in [-0.3, -0.25) is 10.1 Å². The summed E-state index contributed by atoms with van der Waals surface area (Å²) >= 11 is 7.94. The lowest BCUT2D eigenvalue weighted by Crippen LogP contribution is -2.13. The van der Waals surface area contributed by atoms with Crippen molar-refractivity contribution in [1.82, 2.24) is 10.2 Å². The molecule has 12 heteroatoms. The number of hydrogen-bond acceptors (Lipinski definition) is 9. The molecule has 0 spiro atoms. The van der Waals surface area contributed by atoms with Crippen molar-refractivity contribution < 1.29 is 17.6 Å². The summed E-state index contributed by atoms with van der Waals surface area (Å²) in [6, 6.07) is 12.3. The van der Waals surface area contributed by atoms with Crippen LogP contribution in [-0.4, -0.2) is 30.3 Å². The van der Waals surface area contributed by atoms with Crippen molar-refractivity contribution in [3.63, 3.8) is 0 Å². The number of hydrogen-bond donors (Lipinski definition) is 1. The van der Waals surface area contributed by atoms with Crippen LogP contribution in [0.2, 0.25) is 5.02 Å². The maximum atomic E-state index is 12.3. The first-order valence-electron chi connectivity index (χ1n) is 8.33. The average Bonchev–Trinajstić information content (AvgIpc) is 3.37. The Hall–Kier alpha value is -2.65. The molecule has 0 aliphatic heterocycles. The zero-order chi connectivity index (χ0) is 21.7. The van der Waals surface area contributed by atoms with Gasteiger partial charge < -0.3 is 4.42 Å². The van der Waals surface area contributed by atoms with Crippen LogP contribution in [0.4, 0.5) is 5.13 Å². The lowest BCUT2D eigenvalue weighted by Gasteiger charge is -1.99. The molecule has 154 valence electrons. The van der Waals surface area contributed by atoms with Gasteiger partial charge in [-0.25, -0.2) is 8.42 Å². The fourth-order valence-electron chi connectivity index (χ4n) is 2.05. The van der Waals surface area contributed by atoms with Gasteiger partial charge in [0.25, 0.3) is 5.91 Å². The van der Waals surface area contributed by atoms with Crippen LogP contribution in [0.25, 0.3) is 6.08 Å². The summed E-state index contributed by atoms with van der Waals surface area (Å²) in [6.45, 7) is 1.48. The van der Waals surface area contributed by atoms with Crippen LogP contribution in [0.1, 0.15) is 12.7 Å². The number of anilines is 1. The highest BCUT2D eigenvalue weighted by atomic mass is 35.5. The van der Waals surface area contributed by atoms with Gasteiger partial charge in [-0.2, -0.15) is 5.26 Å². The van der Waals surface area contributed by atoms with E-state index in [1.807, 2.05) is 12.1 Å². The topological polar surface area (TPSA) is 126 Å². The predicted octanol–water partition coefficient (Wildman–Crippen LogP) is 4.27. The molecule has 0 saturated heterocycles. The molecule has 3 rings (SSSR count). The highest BCUT2D eigenvalue weighted by Gasteiger charge is 2.20. The number of nitrogens with zero attached hydrogens (tertiary/aromatic N) is 3. The summed E-state index contributed by atoms with van der Waals surface area (Å²) in [6.07, 6.45) is 1.28. The third-order valence-corrected chi connectivity index (χ3v) is 7.76. The normalized spacial score (nSPS) is 11.8. The first-order chi connectivity index (χ1) is 14.3. The number of rotatable bonds is 7. The highest BCUT2D eigenvalue weighted by Crippen LogP contribution is 2.30. The van der Waals surface area contributed by atoms with Gasteiger partial charge in [-0.1, -0.05) is 41.6 Å². The Morgan fingerprint density at radius 3 is 2.70 bits per heavy atom. The molecular weight excluding hydrogens is 468 g/mol. The smallest absolute Gasteiger partial charge is 0.268 e. The van der Waals surface area contributed by atoms with Gasteiger partial charge in [0.15, 0.2) is 5.09 Å². The van der Waals surface area contributed by atoms with Crippen LogP contribution in [0.3, 0.4) is 0 Å². The predicted molar refractivity (Wildman–Crippen MR) is 114 cm³/mol. The third-order valence-electron chi connectivity index (χ3n) is 3.56. The summed E-state index contributed by atoms with van der Waals surface area (Å²) in [5.74, 6) is -0.574. The fourth-order valence-corrected chi connectivity index (χ4v) is 4.94. The minimum atomic E-state index is -3.52. The van der Waals surface area contributed by atoms with E-state index in [4.69, 9.17) is 16.0 Å². The van der Waals surface area contributed by atoms with Crippen LogP contribution in [0.5, 0.6) is 0 Å². The van der Waals surface area contributed by atoms with Crippen LogP contribution in [0, 0.1) is 11.3 Å². The van der Waals surface area contributed by atoms with Crippen molar-refractivity contribution >= 4 is 61.7 Å². The molecule has 2 heterocycles. The molecule has 3 aromatic rings. The molecule has 1 amide bonds. The molecule has 0 bridgehead atoms. The first kappa shape index (κ1) is 22.0. The monoisotopic (exact) mass is 480 g/mol. The largest absolute Gasteiger partial charge is 0.450 e. The molecule has 0 aliphatic carbocycles. The Morgan fingerprint density at radius 2 is 2.03 bits per heavy atom. The number of furan rings is 1. The van der Waals surface area contributed by atoms with Gasteiger partial charge in [-0.05, 0) is 36.4 Å². The zero-order valence-electron chi connectivity index (χ0n) is 15.3. The summed E-state index contributed by atoms with van der Waals surface area (Å²) in [5, 5.41) is 20.1. The van der Waals surface area contributed by atoms with Gasteiger partial charge in [0.05, 0.1) is 5.75 Å². The van der Waals surface area contributed by atoms with E-state index < -0.39 is 15.7 Å². The number of amides is 1. The van der Waals surface area contributed by atoms with Crippen molar-refractivity contribution in [3.05, 3.63) is 52.8 Å². The van der Waals surface area contributed by atoms with Crippen LogP contribution < -0.4 is 5.32 Å². The molecule has 8 nitrogen and oxygen atoms in total. The van der Waals surface area contributed by atoms with Crippen LogP contribution >= 0.6 is 34.7 Å². The van der Waals surface area contributed by atoms with E-state index >= 15 is 0 Å². The number of carbonyl (C=O) groups excluding carboxylic acids is 1. The Morgan fingerprint density at radius 1 is 1.30 bits per heavy atom. The van der Waals surface area contributed by atoms with Gasteiger partial charge >= 0.3 is 0 Å². The van der Waals surface area contributed by atoms with Crippen LogP contribution in [-0.2, 0) is 14.6 Å². The van der Waals surface area contributed by atoms with Gasteiger partial charge in [0.1, 0.15) is 17.4 Å². The minimum absolute atomic E-state index is 0.0217. The third kappa shape index (κ3) is 5.48. The lowest BCUT2D eigenvalue weighted by molar-refractivity contribution is -0.112. The molecule has 1 aromatic carbocycles. The molecule has 0 aliphatic rings. The molecule has 0 atom stereocenters. The molecule has 30 heavy (non-hydrogen) atoms. The van der Waals surface area contributed by atoms with E-state index in [2.05, 4.69) is 15.5 Å². The van der Waals surface area contributed by atoms with E-state index in [1.54, 1.807) is 30.3 Å². The summed E-state index contributed by atoms with van der Waals surface area (Å²) < 4.78 is 29.0. The highest BCUT2D eigenvalue weighted by molar-refractivity contribution is 7.99. The van der Waals surface area contributed by atoms with E-state index in [0.29, 0.717) is 15.9 Å². The minimum Gasteiger partial charge on any atom is -0.450 e. The second kappa shape index (κ2) is 9.44. The number of halogens is 1. The average molecular weight is 481 g/mol. The second-order valence-electron chi connectivity index (χ2n) is 5.61. The number of nitrogens with one attached hydrogen (secondary N) is 1. The molecule has 0 unspecified atom stereocenters. The Bertz CT molecular complexity index is 1240. The Labute approximate surface area is 185 Å². The van der Waals surface area contributed by atoms with E-state index in [-0.39, 0.29) is 20.8 Å². The summed E-state index contributed by atoms with van der Waals surface area (Å²) in [7, 11) is -3.52. The maximum Gasteiger partial charge on any atom is 0.268 e. The maximum absolute atomic E-state index is 12.3. The number of carbonyl (C=O) groups is 1. The molecule has 0 saturated carbocycles. The van der Waals surface area contributed by atoms with E-state index in [0.717, 1.165) is 16.2 Å². The first-order valence-corrected chi connectivity index (χ1v) is 12.0. The Balaban J connectivity index is 1.71. The van der Waals surface area contributed by atoms with E-state index in [9.17, 15) is 18.5 Å². The number of sulfone groups is 1. The molecule has 2 aromatic heterocycles. The van der Waals surface area contributed by atoms with Gasteiger partial charge in [-0.15, -0.1) is 10.2 Å². The van der Waals surface area contributed by atoms with Crippen molar-refractivity contribution in [3.8, 4) is 6.07 Å². The second-order valence-corrected chi connectivity index (χ2v) is 10.6. The van der Waals surface area contributed by atoms with Crippen LogP contribution in [0.15, 0.2) is 60.7 Å². The van der Waals surface area contributed by atoms with Crippen molar-refractivity contribution in [2.24, 2.45) is 0 Å². The van der Waals surface area contributed by atoms with Crippen molar-refractivity contribution in [2.75, 3.05) is 11.1 Å². The standard InChI is InChI=1S/C18H13ClN4O4S3/c1-2-30(25,26)18-23-22-17(29-18)21-16(24)11(10-20)9-13-5-8-15(27-13)28-14-6-3-12(19)4-7-14/h3-9H,2H2,1H3,(H,21,22,24)/b11-9-. The Kier molecular flexibility index (Phi) is 6.94. The fraction of sp³-hybridized carbons (Fsp3) is 0.111. The summed E-state index contributed by atoms with van der Waals surface area (Å²) in [5.41, 5.74) is -0.234. The summed E-state index contributed by atoms with van der Waals surface area (Å²) in [4.78, 5) is 13.2. The van der Waals surface area contributed by atoms with Crippen molar-refractivity contribution in [1.29, 1.82) is 5.26 Å². The SMILES string of the molecule is CCS(=O)(=O)c1nnc(NC(=O)/C(C#N)=C\c2ccc(Sc3ccc(Cl)cc3)o2)s1. The number of benzene rings is 1. The lowest BCUT2D eigenvalue weighted by atomic mass is 10.2. The van der Waals surface area contributed by atoms with Crippen molar-refractivity contribution in [2.45, 2.75) is 21.3 Å². The quantitative estimate of drug-likeness (QED) is 0.301. The number of aromatic nitrogens is 2.